The number of rotatable bonds is 9. The number of aliphatic carboxylic acids is 1. The highest BCUT2D eigenvalue weighted by molar-refractivity contribution is 9.10. The minimum atomic E-state index is -1.07. The lowest BCUT2D eigenvalue weighted by Gasteiger charge is -2.14. The average molecular weight is 444 g/mol. The maximum absolute atomic E-state index is 12.2. The van der Waals surface area contributed by atoms with Crippen LogP contribution in [0, 0.1) is 5.92 Å². The van der Waals surface area contributed by atoms with Gasteiger partial charge in [0.05, 0.1) is 20.6 Å². The van der Waals surface area contributed by atoms with Crippen molar-refractivity contribution in [3.05, 3.63) is 22.2 Å². The number of carboxylic acids is 1. The van der Waals surface area contributed by atoms with Gasteiger partial charge in [0.2, 0.25) is 5.91 Å². The summed E-state index contributed by atoms with van der Waals surface area (Å²) in [6, 6.07) is 2.39. The number of nitrogens with two attached hydrogens (primary N) is 1. The van der Waals surface area contributed by atoms with Crippen LogP contribution >= 0.6 is 15.9 Å². The minimum Gasteiger partial charge on any atom is -0.493 e. The summed E-state index contributed by atoms with van der Waals surface area (Å²) in [5.41, 5.74) is 6.38. The molecule has 1 aromatic rings. The monoisotopic (exact) mass is 443 g/mol. The van der Waals surface area contributed by atoms with E-state index in [4.69, 9.17) is 15.2 Å². The van der Waals surface area contributed by atoms with Crippen LogP contribution in [0.25, 0.3) is 0 Å². The second-order valence-electron chi connectivity index (χ2n) is 6.14. The summed E-state index contributed by atoms with van der Waals surface area (Å²) in [5, 5.41) is 11.7. The van der Waals surface area contributed by atoms with Crippen LogP contribution in [0.3, 0.4) is 0 Å². The molecular weight excluding hydrogens is 418 g/mol. The molecule has 27 heavy (non-hydrogen) atoms. The van der Waals surface area contributed by atoms with Crippen LogP contribution in [0.2, 0.25) is 0 Å². The molecule has 2 atom stereocenters. The number of nitrogens with zero attached hydrogens (tertiary/aromatic N) is 1. The molecule has 0 saturated carbocycles. The Morgan fingerprint density at radius 2 is 1.89 bits per heavy atom. The number of nitrogens with one attached hydrogen (secondary N) is 1. The number of carbonyl (C=O) groups is 2. The van der Waals surface area contributed by atoms with Crippen molar-refractivity contribution >= 4 is 33.8 Å². The Morgan fingerprint density at radius 1 is 1.30 bits per heavy atom. The van der Waals surface area contributed by atoms with Crippen molar-refractivity contribution in [2.45, 2.75) is 39.2 Å². The van der Waals surface area contributed by atoms with Crippen LogP contribution in [-0.4, -0.2) is 43.2 Å². The summed E-state index contributed by atoms with van der Waals surface area (Å²) in [4.78, 5) is 27.5. The predicted octanol–water partition coefficient (Wildman–Crippen LogP) is 2.33. The lowest BCUT2D eigenvalue weighted by molar-refractivity contribution is -0.138. The first-order valence-corrected chi connectivity index (χ1v) is 9.27. The normalized spacial score (nSPS) is 13.6. The van der Waals surface area contributed by atoms with E-state index in [9.17, 15) is 14.7 Å². The van der Waals surface area contributed by atoms with E-state index in [1.54, 1.807) is 12.1 Å². The van der Waals surface area contributed by atoms with E-state index < -0.39 is 17.9 Å². The third-order valence-electron chi connectivity index (χ3n) is 4.07. The third kappa shape index (κ3) is 7.09. The zero-order valence-electron chi connectivity index (χ0n) is 15.9. The fourth-order valence-electron chi connectivity index (χ4n) is 2.35. The van der Waals surface area contributed by atoms with Gasteiger partial charge in [0.25, 0.3) is 0 Å². The number of methoxy groups -OCH3 is 2. The second-order valence-corrected chi connectivity index (χ2v) is 7.00. The standard InChI is InChI=1S/C18H26BrN3O5/c1-5-10(2)6-13(17(24)25)21-18(20)22-16(23)8-11-7-14(26-3)15(27-4)9-12(11)19/h7,9-10,13H,5-6,8H2,1-4H3,(H,24,25)(H3,20,21,22,23). The van der Waals surface area contributed by atoms with Gasteiger partial charge in [-0.3, -0.25) is 10.1 Å². The van der Waals surface area contributed by atoms with Gasteiger partial charge in [0.1, 0.15) is 0 Å². The number of halogens is 1. The van der Waals surface area contributed by atoms with Gasteiger partial charge in [0, 0.05) is 4.47 Å². The minimum absolute atomic E-state index is 0.000256. The van der Waals surface area contributed by atoms with Crippen LogP contribution in [0.1, 0.15) is 32.3 Å². The summed E-state index contributed by atoms with van der Waals surface area (Å²) in [7, 11) is 3.02. The largest absolute Gasteiger partial charge is 0.493 e. The van der Waals surface area contributed by atoms with E-state index in [0.29, 0.717) is 28.0 Å². The molecule has 0 aliphatic heterocycles. The summed E-state index contributed by atoms with van der Waals surface area (Å²) >= 11 is 3.39. The van der Waals surface area contributed by atoms with Crippen LogP contribution in [0.4, 0.5) is 0 Å². The smallest absolute Gasteiger partial charge is 0.328 e. The lowest BCUT2D eigenvalue weighted by atomic mass is 10.00. The molecule has 1 rings (SSSR count). The van der Waals surface area contributed by atoms with Crippen molar-refractivity contribution < 1.29 is 24.2 Å². The van der Waals surface area contributed by atoms with Crippen LogP contribution in [0.5, 0.6) is 11.5 Å². The van der Waals surface area contributed by atoms with Gasteiger partial charge < -0.3 is 20.3 Å². The zero-order valence-corrected chi connectivity index (χ0v) is 17.5. The molecule has 0 aliphatic carbocycles. The number of ether oxygens (including phenoxy) is 2. The van der Waals surface area contributed by atoms with Gasteiger partial charge in [-0.05, 0) is 30.0 Å². The van der Waals surface area contributed by atoms with Crippen molar-refractivity contribution in [3.63, 3.8) is 0 Å². The van der Waals surface area contributed by atoms with Crippen molar-refractivity contribution in [1.82, 2.24) is 5.32 Å². The van der Waals surface area contributed by atoms with Gasteiger partial charge in [-0.25, -0.2) is 9.79 Å². The van der Waals surface area contributed by atoms with E-state index >= 15 is 0 Å². The van der Waals surface area contributed by atoms with E-state index in [0.717, 1.165) is 6.42 Å². The molecule has 0 heterocycles. The first-order valence-electron chi connectivity index (χ1n) is 8.48. The highest BCUT2D eigenvalue weighted by Crippen LogP contribution is 2.33. The van der Waals surface area contributed by atoms with Crippen molar-refractivity contribution in [2.24, 2.45) is 16.6 Å². The maximum atomic E-state index is 12.2. The number of aliphatic imine (C=N–C) groups is 1. The Bertz CT molecular complexity index is 708. The van der Waals surface area contributed by atoms with Gasteiger partial charge >= 0.3 is 5.97 Å². The van der Waals surface area contributed by atoms with Crippen LogP contribution < -0.4 is 20.5 Å². The molecule has 1 amide bonds. The van der Waals surface area contributed by atoms with Crippen LogP contribution in [-0.2, 0) is 16.0 Å². The molecule has 9 heteroatoms. The maximum Gasteiger partial charge on any atom is 0.328 e. The molecule has 4 N–H and O–H groups in total. The summed E-state index contributed by atoms with van der Waals surface area (Å²) in [6.45, 7) is 3.91. The van der Waals surface area contributed by atoms with Gasteiger partial charge in [0.15, 0.2) is 23.5 Å². The Kier molecular flexibility index (Phi) is 9.07. The summed E-state index contributed by atoms with van der Waals surface area (Å²) < 4.78 is 11.1. The highest BCUT2D eigenvalue weighted by Gasteiger charge is 2.20. The number of carboxylic acid groups (broad SMARTS) is 1. The van der Waals surface area contributed by atoms with Gasteiger partial charge in [-0.2, -0.15) is 0 Å². The lowest BCUT2D eigenvalue weighted by Crippen LogP contribution is -2.39. The van der Waals surface area contributed by atoms with Crippen molar-refractivity contribution in [1.29, 1.82) is 0 Å². The molecule has 0 aliphatic rings. The number of benzene rings is 1. The number of guanidine groups is 1. The van der Waals surface area contributed by atoms with E-state index in [1.807, 2.05) is 13.8 Å². The molecule has 0 bridgehead atoms. The van der Waals surface area contributed by atoms with Gasteiger partial charge in [-0.1, -0.05) is 36.2 Å². The van der Waals surface area contributed by atoms with E-state index in [-0.39, 0.29) is 18.3 Å². The topological polar surface area (TPSA) is 123 Å². The quantitative estimate of drug-likeness (QED) is 0.397. The second kappa shape index (κ2) is 10.8. The Labute approximate surface area is 167 Å². The van der Waals surface area contributed by atoms with Gasteiger partial charge in [-0.15, -0.1) is 0 Å². The first kappa shape index (κ1) is 22.8. The van der Waals surface area contributed by atoms with Crippen molar-refractivity contribution in [3.8, 4) is 11.5 Å². The summed E-state index contributed by atoms with van der Waals surface area (Å²) in [5.74, 6) is -0.506. The third-order valence-corrected chi connectivity index (χ3v) is 4.81. The SMILES string of the molecule is CCC(C)CC(N=C(N)NC(=O)Cc1cc(OC)c(OC)cc1Br)C(=O)O. The average Bonchev–Trinajstić information content (AvgIpc) is 2.61. The fraction of sp³-hybridized carbons (Fsp3) is 0.500. The number of hydrogen-bond acceptors (Lipinski definition) is 5. The number of amides is 1. The Hall–Kier alpha value is -2.29. The Balaban J connectivity index is 2.85. The number of hydrogen-bond donors (Lipinski definition) is 3. The molecule has 8 nitrogen and oxygen atoms in total. The zero-order chi connectivity index (χ0) is 20.6. The van der Waals surface area contributed by atoms with Crippen LogP contribution in [0.15, 0.2) is 21.6 Å². The van der Waals surface area contributed by atoms with Crippen molar-refractivity contribution in [2.75, 3.05) is 14.2 Å². The molecule has 0 radical (unpaired) electrons. The molecule has 0 aromatic heterocycles. The Morgan fingerprint density at radius 3 is 2.41 bits per heavy atom. The molecule has 1 aromatic carbocycles. The molecule has 0 saturated heterocycles. The van der Waals surface area contributed by atoms with E-state index in [1.165, 1.54) is 14.2 Å². The molecular formula is C18H26BrN3O5. The molecule has 150 valence electrons. The first-order chi connectivity index (χ1) is 12.7. The molecule has 0 fully saturated rings. The molecule has 2 unspecified atom stereocenters. The highest BCUT2D eigenvalue weighted by atomic mass is 79.9. The molecule has 0 spiro atoms. The van der Waals surface area contributed by atoms with E-state index in [2.05, 4.69) is 26.2 Å². The number of carbonyl (C=O) groups excluding carboxylic acids is 1. The fourth-order valence-corrected chi connectivity index (χ4v) is 2.81. The predicted molar refractivity (Wildman–Crippen MR) is 106 cm³/mol. The summed E-state index contributed by atoms with van der Waals surface area (Å²) in [6.07, 6.45) is 1.18.